The Morgan fingerprint density at radius 3 is 2.82 bits per heavy atom. The highest BCUT2D eigenvalue weighted by molar-refractivity contribution is 6.30. The summed E-state index contributed by atoms with van der Waals surface area (Å²) < 4.78 is 13.5. The van der Waals surface area contributed by atoms with Crippen molar-refractivity contribution in [2.45, 2.75) is 20.4 Å². The molecule has 0 saturated carbocycles. The summed E-state index contributed by atoms with van der Waals surface area (Å²) in [6.45, 7) is 4.18. The monoisotopic (exact) mass is 253 g/mol. The van der Waals surface area contributed by atoms with E-state index in [1.165, 1.54) is 12.1 Å². The van der Waals surface area contributed by atoms with Crippen molar-refractivity contribution >= 4 is 17.3 Å². The summed E-state index contributed by atoms with van der Waals surface area (Å²) >= 11 is 5.83. The fraction of sp³-hybridized carbons (Fsp3) is 0.250. The molecule has 90 valence electrons. The number of rotatable bonds is 3. The number of anilines is 1. The lowest BCUT2D eigenvalue weighted by atomic mass is 10.2. The number of aromatic nitrogens is 2. The lowest BCUT2D eigenvalue weighted by Crippen LogP contribution is -2.03. The molecule has 1 aromatic heterocycles. The van der Waals surface area contributed by atoms with Gasteiger partial charge in [0.25, 0.3) is 0 Å². The first kappa shape index (κ1) is 11.9. The molecule has 0 atom stereocenters. The predicted molar refractivity (Wildman–Crippen MR) is 66.8 cm³/mol. The number of nitrogens with zero attached hydrogens (tertiary/aromatic N) is 1. The Balaban J connectivity index is 2.15. The molecule has 2 rings (SSSR count). The molecule has 0 bridgehead atoms. The van der Waals surface area contributed by atoms with Crippen molar-refractivity contribution in [3.63, 3.8) is 0 Å². The molecule has 2 N–H and O–H groups in total. The third-order valence-electron chi connectivity index (χ3n) is 2.59. The maximum atomic E-state index is 13.5. The van der Waals surface area contributed by atoms with E-state index < -0.39 is 0 Å². The summed E-state index contributed by atoms with van der Waals surface area (Å²) in [5, 5.41) is 10.6. The number of halogens is 2. The second-order valence-corrected chi connectivity index (χ2v) is 4.33. The van der Waals surface area contributed by atoms with Gasteiger partial charge in [-0.15, -0.1) is 0 Å². The van der Waals surface area contributed by atoms with Gasteiger partial charge in [-0.25, -0.2) is 4.39 Å². The van der Waals surface area contributed by atoms with Gasteiger partial charge < -0.3 is 5.32 Å². The van der Waals surface area contributed by atoms with Gasteiger partial charge in [-0.3, -0.25) is 5.10 Å². The van der Waals surface area contributed by atoms with Crippen molar-refractivity contribution in [2.75, 3.05) is 5.32 Å². The molecular formula is C12H13ClFN3. The van der Waals surface area contributed by atoms with E-state index in [9.17, 15) is 4.39 Å². The van der Waals surface area contributed by atoms with Crippen molar-refractivity contribution < 1.29 is 4.39 Å². The number of aryl methyl sites for hydroxylation is 2. The third kappa shape index (κ3) is 2.58. The molecular weight excluding hydrogens is 241 g/mol. The zero-order chi connectivity index (χ0) is 12.4. The minimum absolute atomic E-state index is 0.263. The average molecular weight is 254 g/mol. The van der Waals surface area contributed by atoms with E-state index in [1.807, 2.05) is 13.8 Å². The number of hydrogen-bond acceptors (Lipinski definition) is 2. The summed E-state index contributed by atoms with van der Waals surface area (Å²) in [7, 11) is 0. The molecule has 0 unspecified atom stereocenters. The van der Waals surface area contributed by atoms with Gasteiger partial charge in [0.15, 0.2) is 0 Å². The lowest BCUT2D eigenvalue weighted by molar-refractivity contribution is 0.613. The molecule has 0 radical (unpaired) electrons. The largest absolute Gasteiger partial charge is 0.378 e. The molecule has 5 heteroatoms. The Morgan fingerprint density at radius 1 is 1.41 bits per heavy atom. The quantitative estimate of drug-likeness (QED) is 0.880. The second-order valence-electron chi connectivity index (χ2n) is 3.90. The summed E-state index contributed by atoms with van der Waals surface area (Å²) in [5.74, 6) is -0.263. The molecule has 17 heavy (non-hydrogen) atoms. The van der Waals surface area contributed by atoms with Gasteiger partial charge in [0.1, 0.15) is 5.82 Å². The molecule has 0 aliphatic heterocycles. The molecule has 0 spiro atoms. The Bertz CT molecular complexity index is 517. The van der Waals surface area contributed by atoms with Crippen molar-refractivity contribution in [1.29, 1.82) is 0 Å². The minimum Gasteiger partial charge on any atom is -0.378 e. The van der Waals surface area contributed by atoms with Gasteiger partial charge >= 0.3 is 0 Å². The molecule has 2 aromatic rings. The standard InChI is InChI=1S/C12H13ClFN3/c1-7-12(8(2)17-16-7)15-6-9-5-10(13)3-4-11(9)14/h3-5,15H,6H2,1-2H3,(H,16,17). The highest BCUT2D eigenvalue weighted by Gasteiger charge is 2.07. The molecule has 0 saturated heterocycles. The number of nitrogens with one attached hydrogen (secondary N) is 2. The first-order chi connectivity index (χ1) is 8.08. The van der Waals surface area contributed by atoms with Gasteiger partial charge in [-0.1, -0.05) is 11.6 Å². The van der Waals surface area contributed by atoms with Crippen LogP contribution in [0.15, 0.2) is 18.2 Å². The Hall–Kier alpha value is -1.55. The lowest BCUT2D eigenvalue weighted by Gasteiger charge is -2.07. The van der Waals surface area contributed by atoms with E-state index in [2.05, 4.69) is 15.5 Å². The second kappa shape index (κ2) is 4.75. The van der Waals surface area contributed by atoms with Crippen molar-refractivity contribution in [3.05, 3.63) is 46.0 Å². The highest BCUT2D eigenvalue weighted by Crippen LogP contribution is 2.19. The third-order valence-corrected chi connectivity index (χ3v) is 2.83. The summed E-state index contributed by atoms with van der Waals surface area (Å²) in [6.07, 6.45) is 0. The van der Waals surface area contributed by atoms with Crippen LogP contribution in [0.4, 0.5) is 10.1 Å². The van der Waals surface area contributed by atoms with Crippen molar-refractivity contribution in [2.24, 2.45) is 0 Å². The number of hydrogen-bond donors (Lipinski definition) is 2. The fourth-order valence-corrected chi connectivity index (χ4v) is 1.87. The number of aromatic amines is 1. The first-order valence-electron chi connectivity index (χ1n) is 5.27. The van der Waals surface area contributed by atoms with Crippen LogP contribution >= 0.6 is 11.6 Å². The maximum absolute atomic E-state index is 13.5. The van der Waals surface area contributed by atoms with Gasteiger partial charge in [0.2, 0.25) is 0 Å². The van der Waals surface area contributed by atoms with Crippen molar-refractivity contribution in [3.8, 4) is 0 Å². The average Bonchev–Trinajstić information content (AvgIpc) is 2.61. The molecule has 0 aliphatic carbocycles. The molecule has 3 nitrogen and oxygen atoms in total. The van der Waals surface area contributed by atoms with Crippen LogP contribution in [0.5, 0.6) is 0 Å². The summed E-state index contributed by atoms with van der Waals surface area (Å²) in [5.41, 5.74) is 3.25. The molecule has 0 fully saturated rings. The highest BCUT2D eigenvalue weighted by atomic mass is 35.5. The summed E-state index contributed by atoms with van der Waals surface area (Å²) in [6, 6.07) is 4.53. The molecule has 1 heterocycles. The Kier molecular flexibility index (Phi) is 3.33. The zero-order valence-electron chi connectivity index (χ0n) is 9.64. The van der Waals surface area contributed by atoms with Crippen LogP contribution in [0, 0.1) is 19.7 Å². The fourth-order valence-electron chi connectivity index (χ4n) is 1.67. The number of benzene rings is 1. The van der Waals surface area contributed by atoms with E-state index in [-0.39, 0.29) is 5.82 Å². The summed E-state index contributed by atoms with van der Waals surface area (Å²) in [4.78, 5) is 0. The normalized spacial score (nSPS) is 10.6. The van der Waals surface area contributed by atoms with E-state index in [1.54, 1.807) is 6.07 Å². The smallest absolute Gasteiger partial charge is 0.128 e. The number of H-pyrrole nitrogens is 1. The van der Waals surface area contributed by atoms with E-state index >= 15 is 0 Å². The van der Waals surface area contributed by atoms with Gasteiger partial charge in [0.05, 0.1) is 17.1 Å². The first-order valence-corrected chi connectivity index (χ1v) is 5.65. The predicted octanol–water partition coefficient (Wildman–Crippen LogP) is 3.43. The van der Waals surface area contributed by atoms with Crippen LogP contribution in [-0.2, 0) is 6.54 Å². The topological polar surface area (TPSA) is 40.7 Å². The van der Waals surface area contributed by atoms with E-state index in [0.29, 0.717) is 17.1 Å². The van der Waals surface area contributed by atoms with Crippen molar-refractivity contribution in [1.82, 2.24) is 10.2 Å². The molecule has 0 amide bonds. The van der Waals surface area contributed by atoms with Crippen LogP contribution < -0.4 is 5.32 Å². The minimum atomic E-state index is -0.263. The van der Waals surface area contributed by atoms with Crippen LogP contribution in [0.25, 0.3) is 0 Å². The van der Waals surface area contributed by atoms with Gasteiger partial charge in [0, 0.05) is 17.1 Å². The van der Waals surface area contributed by atoms with Gasteiger partial charge in [-0.2, -0.15) is 5.10 Å². The van der Waals surface area contributed by atoms with E-state index in [0.717, 1.165) is 17.1 Å². The van der Waals surface area contributed by atoms with Crippen LogP contribution in [0.3, 0.4) is 0 Å². The van der Waals surface area contributed by atoms with Gasteiger partial charge in [-0.05, 0) is 32.0 Å². The molecule has 0 aliphatic rings. The Labute approximate surface area is 104 Å². The van der Waals surface area contributed by atoms with Crippen LogP contribution in [-0.4, -0.2) is 10.2 Å². The zero-order valence-corrected chi connectivity index (χ0v) is 10.4. The SMILES string of the molecule is Cc1n[nH]c(C)c1NCc1cc(Cl)ccc1F. The van der Waals surface area contributed by atoms with Crippen LogP contribution in [0.2, 0.25) is 5.02 Å². The molecule has 1 aromatic carbocycles. The van der Waals surface area contributed by atoms with Crippen LogP contribution in [0.1, 0.15) is 17.0 Å². The maximum Gasteiger partial charge on any atom is 0.128 e. The Morgan fingerprint density at radius 2 is 2.18 bits per heavy atom. The van der Waals surface area contributed by atoms with E-state index in [4.69, 9.17) is 11.6 Å².